The minimum atomic E-state index is -0.139. The lowest BCUT2D eigenvalue weighted by molar-refractivity contribution is -0.108. The Morgan fingerprint density at radius 3 is 2.77 bits per heavy atom. The van der Waals surface area contributed by atoms with Gasteiger partial charge in [0.25, 0.3) is 0 Å². The Balaban J connectivity index is 2.24. The normalized spacial score (nSPS) is 21.2. The monoisotopic (exact) mass is 191 g/mol. The van der Waals surface area contributed by atoms with E-state index in [0.717, 1.165) is 22.6 Å². The van der Waals surface area contributed by atoms with Crippen molar-refractivity contribution in [3.8, 4) is 0 Å². The summed E-state index contributed by atoms with van der Waals surface area (Å²) >= 11 is 1.65. The zero-order chi connectivity index (χ0) is 9.10. The molecule has 2 rings (SSSR count). The summed E-state index contributed by atoms with van der Waals surface area (Å²) in [6, 6.07) is 9.82. The van der Waals surface area contributed by atoms with E-state index in [1.807, 2.05) is 30.3 Å². The van der Waals surface area contributed by atoms with Crippen LogP contribution in [0.15, 0.2) is 35.3 Å². The molecule has 1 aromatic carbocycles. The lowest BCUT2D eigenvalue weighted by Crippen LogP contribution is -2.03. The number of hydrogen-bond donors (Lipinski definition) is 0. The lowest BCUT2D eigenvalue weighted by atomic mass is 10.2. The fourth-order valence-corrected chi connectivity index (χ4v) is 2.19. The van der Waals surface area contributed by atoms with Crippen molar-refractivity contribution in [1.82, 2.24) is 0 Å². The molecule has 0 fully saturated rings. The highest BCUT2D eigenvalue weighted by Gasteiger charge is 2.17. The number of carbonyl (C=O) groups excluding carboxylic acids is 1. The number of nitrogens with zero attached hydrogens (tertiary/aromatic N) is 1. The summed E-state index contributed by atoms with van der Waals surface area (Å²) in [5.41, 5.74) is 1.11. The van der Waals surface area contributed by atoms with Crippen LogP contribution in [0.25, 0.3) is 0 Å². The Bertz CT molecular complexity index is 334. The van der Waals surface area contributed by atoms with E-state index in [2.05, 4.69) is 4.99 Å². The first-order valence-electron chi connectivity index (χ1n) is 4.11. The van der Waals surface area contributed by atoms with E-state index >= 15 is 0 Å². The molecule has 0 bridgehead atoms. The number of thioether (sulfide) groups is 1. The molecular weight excluding hydrogens is 182 g/mol. The van der Waals surface area contributed by atoms with Crippen LogP contribution in [0.5, 0.6) is 0 Å². The standard InChI is InChI=1S/C10H9NOS/c12-6-9-7-13-10(11-9)8-4-2-1-3-5-8/h1-6,9H,7H2/t9-/m1/s1. The Morgan fingerprint density at radius 2 is 2.15 bits per heavy atom. The summed E-state index contributed by atoms with van der Waals surface area (Å²) in [6.07, 6.45) is 0.906. The van der Waals surface area contributed by atoms with Crippen molar-refractivity contribution < 1.29 is 4.79 Å². The number of aliphatic imine (C=N–C) groups is 1. The first kappa shape index (κ1) is 8.51. The van der Waals surface area contributed by atoms with Crippen molar-refractivity contribution in [2.24, 2.45) is 4.99 Å². The topological polar surface area (TPSA) is 29.4 Å². The fraction of sp³-hybridized carbons (Fsp3) is 0.200. The molecule has 0 N–H and O–H groups in total. The molecule has 0 saturated heterocycles. The highest BCUT2D eigenvalue weighted by atomic mass is 32.2. The van der Waals surface area contributed by atoms with Crippen LogP contribution in [-0.2, 0) is 4.79 Å². The van der Waals surface area contributed by atoms with Gasteiger partial charge in [-0.2, -0.15) is 0 Å². The van der Waals surface area contributed by atoms with E-state index in [0.29, 0.717) is 0 Å². The third-order valence-electron chi connectivity index (χ3n) is 1.85. The summed E-state index contributed by atoms with van der Waals surface area (Å²) < 4.78 is 0. The van der Waals surface area contributed by atoms with Gasteiger partial charge < -0.3 is 4.79 Å². The molecule has 3 heteroatoms. The highest BCUT2D eigenvalue weighted by Crippen LogP contribution is 2.22. The van der Waals surface area contributed by atoms with E-state index < -0.39 is 0 Å². The Morgan fingerprint density at radius 1 is 1.38 bits per heavy atom. The summed E-state index contributed by atoms with van der Waals surface area (Å²) in [5, 5.41) is 0.984. The number of hydrogen-bond acceptors (Lipinski definition) is 3. The molecule has 1 atom stereocenters. The van der Waals surface area contributed by atoms with E-state index in [1.54, 1.807) is 11.8 Å². The molecule has 0 aromatic heterocycles. The predicted octanol–water partition coefficient (Wildman–Crippen LogP) is 1.75. The van der Waals surface area contributed by atoms with Gasteiger partial charge in [0, 0.05) is 11.3 Å². The molecule has 0 amide bonds. The molecule has 0 spiro atoms. The number of rotatable bonds is 2. The maximum atomic E-state index is 10.5. The van der Waals surface area contributed by atoms with Gasteiger partial charge in [-0.3, -0.25) is 4.99 Å². The Hall–Kier alpha value is -1.09. The van der Waals surface area contributed by atoms with Gasteiger partial charge in [-0.05, 0) is 0 Å². The third kappa shape index (κ3) is 1.80. The van der Waals surface area contributed by atoms with Crippen LogP contribution >= 0.6 is 11.8 Å². The first-order chi connectivity index (χ1) is 6.40. The molecule has 2 nitrogen and oxygen atoms in total. The van der Waals surface area contributed by atoms with E-state index in [4.69, 9.17) is 0 Å². The smallest absolute Gasteiger partial charge is 0.145 e. The molecule has 66 valence electrons. The fourth-order valence-electron chi connectivity index (χ4n) is 1.20. The van der Waals surface area contributed by atoms with Crippen LogP contribution < -0.4 is 0 Å². The zero-order valence-corrected chi connectivity index (χ0v) is 7.83. The van der Waals surface area contributed by atoms with Gasteiger partial charge in [0.2, 0.25) is 0 Å². The minimum Gasteiger partial charge on any atom is -0.301 e. The summed E-state index contributed by atoms with van der Waals surface area (Å²) in [6.45, 7) is 0. The predicted molar refractivity (Wildman–Crippen MR) is 55.3 cm³/mol. The van der Waals surface area contributed by atoms with Crippen LogP contribution in [0.1, 0.15) is 5.56 Å². The number of benzene rings is 1. The molecule has 1 heterocycles. The molecule has 1 aliphatic heterocycles. The maximum absolute atomic E-state index is 10.5. The molecular formula is C10H9NOS. The maximum Gasteiger partial charge on any atom is 0.145 e. The van der Waals surface area contributed by atoms with Crippen LogP contribution in [0.3, 0.4) is 0 Å². The largest absolute Gasteiger partial charge is 0.301 e. The van der Waals surface area contributed by atoms with Crippen molar-refractivity contribution in [2.75, 3.05) is 5.75 Å². The lowest BCUT2D eigenvalue weighted by Gasteiger charge is -1.96. The Labute approximate surface area is 81.1 Å². The molecule has 0 aliphatic carbocycles. The third-order valence-corrected chi connectivity index (χ3v) is 2.97. The van der Waals surface area contributed by atoms with Crippen LogP contribution in [0, 0.1) is 0 Å². The van der Waals surface area contributed by atoms with Crippen molar-refractivity contribution in [2.45, 2.75) is 6.04 Å². The average molecular weight is 191 g/mol. The second kappa shape index (κ2) is 3.75. The van der Waals surface area contributed by atoms with E-state index in [-0.39, 0.29) is 6.04 Å². The molecule has 1 aromatic rings. The SMILES string of the molecule is O=C[C@@H]1CSC(c2ccccc2)=N1. The second-order valence-corrected chi connectivity index (χ2v) is 3.82. The van der Waals surface area contributed by atoms with Gasteiger partial charge >= 0.3 is 0 Å². The number of carbonyl (C=O) groups is 1. The minimum absolute atomic E-state index is 0.139. The van der Waals surface area contributed by atoms with E-state index in [9.17, 15) is 4.79 Å². The quantitative estimate of drug-likeness (QED) is 0.666. The zero-order valence-electron chi connectivity index (χ0n) is 7.01. The van der Waals surface area contributed by atoms with Crippen molar-refractivity contribution >= 4 is 23.1 Å². The van der Waals surface area contributed by atoms with Gasteiger partial charge in [-0.1, -0.05) is 30.3 Å². The summed E-state index contributed by atoms with van der Waals surface area (Å²) in [7, 11) is 0. The second-order valence-electron chi connectivity index (χ2n) is 2.81. The molecule has 0 saturated carbocycles. The first-order valence-corrected chi connectivity index (χ1v) is 5.10. The molecule has 1 aliphatic rings. The Kier molecular flexibility index (Phi) is 2.45. The van der Waals surface area contributed by atoms with Crippen molar-refractivity contribution in [3.63, 3.8) is 0 Å². The van der Waals surface area contributed by atoms with Gasteiger partial charge in [0.15, 0.2) is 0 Å². The van der Waals surface area contributed by atoms with E-state index in [1.165, 1.54) is 0 Å². The summed E-state index contributed by atoms with van der Waals surface area (Å²) in [4.78, 5) is 14.8. The summed E-state index contributed by atoms with van der Waals surface area (Å²) in [5.74, 6) is 0.785. The van der Waals surface area contributed by atoms with Gasteiger partial charge in [0.1, 0.15) is 12.3 Å². The van der Waals surface area contributed by atoms with Gasteiger partial charge in [-0.15, -0.1) is 11.8 Å². The van der Waals surface area contributed by atoms with Gasteiger partial charge in [-0.25, -0.2) is 0 Å². The van der Waals surface area contributed by atoms with Crippen LogP contribution in [-0.4, -0.2) is 23.1 Å². The molecule has 13 heavy (non-hydrogen) atoms. The number of aldehydes is 1. The van der Waals surface area contributed by atoms with Gasteiger partial charge in [0.05, 0.1) is 5.04 Å². The molecule has 0 unspecified atom stereocenters. The van der Waals surface area contributed by atoms with Crippen molar-refractivity contribution in [1.29, 1.82) is 0 Å². The highest BCUT2D eigenvalue weighted by molar-refractivity contribution is 8.14. The van der Waals surface area contributed by atoms with Crippen LogP contribution in [0.4, 0.5) is 0 Å². The van der Waals surface area contributed by atoms with Crippen molar-refractivity contribution in [3.05, 3.63) is 35.9 Å². The van der Waals surface area contributed by atoms with Crippen LogP contribution in [0.2, 0.25) is 0 Å². The molecule has 0 radical (unpaired) electrons. The average Bonchev–Trinajstić information content (AvgIpc) is 2.67.